The van der Waals surface area contributed by atoms with Gasteiger partial charge in [0.05, 0.1) is 5.39 Å². The van der Waals surface area contributed by atoms with Crippen LogP contribution in [0.15, 0.2) is 30.3 Å². The Balaban J connectivity index is 1.65. The third-order valence-corrected chi connectivity index (χ3v) is 4.88. The molecule has 0 aliphatic heterocycles. The van der Waals surface area contributed by atoms with Gasteiger partial charge in [0.1, 0.15) is 16.5 Å². The van der Waals surface area contributed by atoms with Gasteiger partial charge in [-0.3, -0.25) is 0 Å². The van der Waals surface area contributed by atoms with E-state index in [0.29, 0.717) is 0 Å². The molecule has 1 N–H and O–H groups in total. The summed E-state index contributed by atoms with van der Waals surface area (Å²) >= 11 is 1.74. The van der Waals surface area contributed by atoms with Gasteiger partial charge in [0, 0.05) is 17.8 Å². The minimum Gasteiger partial charge on any atom is -0.369 e. The molecule has 0 spiro atoms. The number of aromatic nitrogens is 2. The van der Waals surface area contributed by atoms with Crippen molar-refractivity contribution in [1.82, 2.24) is 9.97 Å². The molecular formula is C19H23N3S. The van der Waals surface area contributed by atoms with Crippen LogP contribution in [0, 0.1) is 13.8 Å². The Bertz CT molecular complexity index is 790. The number of fused-ring (bicyclic) bond motifs is 1. The summed E-state index contributed by atoms with van der Waals surface area (Å²) in [6.45, 7) is 7.28. The Kier molecular flexibility index (Phi) is 4.91. The SMILES string of the molecule is CCc1nc(NCCCc2ccc(C)cc2)c2cc(C)sc2n1. The van der Waals surface area contributed by atoms with Crippen LogP contribution < -0.4 is 5.32 Å². The lowest BCUT2D eigenvalue weighted by molar-refractivity contribution is 0.855. The zero-order valence-corrected chi connectivity index (χ0v) is 14.8. The van der Waals surface area contributed by atoms with E-state index >= 15 is 0 Å². The van der Waals surface area contributed by atoms with Gasteiger partial charge in [0.2, 0.25) is 0 Å². The van der Waals surface area contributed by atoms with E-state index in [1.165, 1.54) is 16.0 Å². The number of rotatable bonds is 6. The molecule has 0 saturated carbocycles. The van der Waals surface area contributed by atoms with Crippen molar-refractivity contribution in [2.75, 3.05) is 11.9 Å². The first-order valence-corrected chi connectivity index (χ1v) is 9.04. The van der Waals surface area contributed by atoms with E-state index < -0.39 is 0 Å². The summed E-state index contributed by atoms with van der Waals surface area (Å²) in [6, 6.07) is 11.0. The molecule has 23 heavy (non-hydrogen) atoms. The molecule has 0 aliphatic rings. The van der Waals surface area contributed by atoms with Crippen LogP contribution >= 0.6 is 11.3 Å². The van der Waals surface area contributed by atoms with Gasteiger partial charge in [-0.2, -0.15) is 0 Å². The molecule has 120 valence electrons. The molecular weight excluding hydrogens is 302 g/mol. The third-order valence-electron chi connectivity index (χ3n) is 3.93. The van der Waals surface area contributed by atoms with Gasteiger partial charge in [-0.15, -0.1) is 11.3 Å². The molecule has 2 aromatic heterocycles. The number of hydrogen-bond acceptors (Lipinski definition) is 4. The molecule has 3 rings (SSSR count). The Morgan fingerprint density at radius 2 is 1.87 bits per heavy atom. The van der Waals surface area contributed by atoms with Crippen LogP contribution in [0.3, 0.4) is 0 Å². The van der Waals surface area contributed by atoms with E-state index in [0.717, 1.165) is 47.7 Å². The van der Waals surface area contributed by atoms with E-state index in [4.69, 9.17) is 0 Å². The van der Waals surface area contributed by atoms with E-state index in [1.54, 1.807) is 11.3 Å². The lowest BCUT2D eigenvalue weighted by Gasteiger charge is -2.08. The molecule has 0 radical (unpaired) electrons. The average molecular weight is 325 g/mol. The van der Waals surface area contributed by atoms with Crippen molar-refractivity contribution in [2.45, 2.75) is 40.0 Å². The van der Waals surface area contributed by atoms with E-state index in [1.807, 2.05) is 0 Å². The van der Waals surface area contributed by atoms with Crippen LogP contribution in [-0.2, 0) is 12.8 Å². The van der Waals surface area contributed by atoms with Gasteiger partial charge in [0.25, 0.3) is 0 Å². The maximum absolute atomic E-state index is 4.67. The minimum absolute atomic E-state index is 0.866. The summed E-state index contributed by atoms with van der Waals surface area (Å²) < 4.78 is 0. The fraction of sp³-hybridized carbons (Fsp3) is 0.368. The molecule has 0 unspecified atom stereocenters. The molecule has 3 aromatic rings. The smallest absolute Gasteiger partial charge is 0.138 e. The highest BCUT2D eigenvalue weighted by molar-refractivity contribution is 7.18. The lowest BCUT2D eigenvalue weighted by Crippen LogP contribution is -2.07. The lowest BCUT2D eigenvalue weighted by atomic mass is 10.1. The van der Waals surface area contributed by atoms with Crippen molar-refractivity contribution >= 4 is 27.4 Å². The molecule has 3 nitrogen and oxygen atoms in total. The molecule has 2 heterocycles. The standard InChI is InChI=1S/C19H23N3S/c1-4-17-21-18(16-12-14(3)23-19(16)22-17)20-11-5-6-15-9-7-13(2)8-10-15/h7-10,12H,4-6,11H2,1-3H3,(H,20,21,22). The predicted molar refractivity (Wildman–Crippen MR) is 99.5 cm³/mol. The Hall–Kier alpha value is -1.94. The van der Waals surface area contributed by atoms with Gasteiger partial charge in [-0.05, 0) is 38.3 Å². The molecule has 0 fully saturated rings. The topological polar surface area (TPSA) is 37.8 Å². The zero-order valence-electron chi connectivity index (χ0n) is 14.0. The maximum atomic E-state index is 4.67. The quantitative estimate of drug-likeness (QED) is 0.654. The van der Waals surface area contributed by atoms with Gasteiger partial charge in [0.15, 0.2) is 0 Å². The molecule has 0 aliphatic carbocycles. The van der Waals surface area contributed by atoms with Crippen LogP contribution in [0.1, 0.15) is 35.2 Å². The van der Waals surface area contributed by atoms with Crippen LogP contribution in [0.5, 0.6) is 0 Å². The first kappa shape index (κ1) is 15.9. The number of thiophene rings is 1. The Morgan fingerprint density at radius 1 is 1.09 bits per heavy atom. The van der Waals surface area contributed by atoms with Crippen LogP contribution in [0.25, 0.3) is 10.2 Å². The van der Waals surface area contributed by atoms with Crippen molar-refractivity contribution in [3.63, 3.8) is 0 Å². The Labute approximate surface area is 141 Å². The predicted octanol–water partition coefficient (Wildman–Crippen LogP) is 4.92. The second-order valence-corrected chi connectivity index (χ2v) is 7.17. The molecule has 1 aromatic carbocycles. The van der Waals surface area contributed by atoms with Crippen molar-refractivity contribution < 1.29 is 0 Å². The summed E-state index contributed by atoms with van der Waals surface area (Å²) in [5, 5.41) is 4.67. The monoisotopic (exact) mass is 325 g/mol. The zero-order chi connectivity index (χ0) is 16.2. The first-order chi connectivity index (χ1) is 11.2. The average Bonchev–Trinajstić information content (AvgIpc) is 2.93. The van der Waals surface area contributed by atoms with E-state index in [9.17, 15) is 0 Å². The van der Waals surface area contributed by atoms with Gasteiger partial charge >= 0.3 is 0 Å². The highest BCUT2D eigenvalue weighted by Gasteiger charge is 2.09. The van der Waals surface area contributed by atoms with Crippen molar-refractivity contribution in [2.24, 2.45) is 0 Å². The molecule has 0 atom stereocenters. The molecule has 0 bridgehead atoms. The summed E-state index contributed by atoms with van der Waals surface area (Å²) in [6.07, 6.45) is 3.05. The normalized spacial score (nSPS) is 11.1. The summed E-state index contributed by atoms with van der Waals surface area (Å²) in [7, 11) is 0. The number of nitrogens with one attached hydrogen (secondary N) is 1. The number of anilines is 1. The molecule has 4 heteroatoms. The van der Waals surface area contributed by atoms with Gasteiger partial charge < -0.3 is 5.32 Å². The summed E-state index contributed by atoms with van der Waals surface area (Å²) in [5.74, 6) is 1.90. The fourth-order valence-electron chi connectivity index (χ4n) is 2.63. The van der Waals surface area contributed by atoms with Crippen LogP contribution in [-0.4, -0.2) is 16.5 Å². The molecule has 0 amide bonds. The number of nitrogens with zero attached hydrogens (tertiary/aromatic N) is 2. The highest BCUT2D eigenvalue weighted by Crippen LogP contribution is 2.28. The number of hydrogen-bond donors (Lipinski definition) is 1. The molecule has 0 saturated heterocycles. The number of aryl methyl sites for hydroxylation is 4. The second-order valence-electron chi connectivity index (χ2n) is 5.93. The Morgan fingerprint density at radius 3 is 2.61 bits per heavy atom. The second kappa shape index (κ2) is 7.09. The van der Waals surface area contributed by atoms with E-state index in [2.05, 4.69) is 66.4 Å². The van der Waals surface area contributed by atoms with Crippen LogP contribution in [0.2, 0.25) is 0 Å². The maximum Gasteiger partial charge on any atom is 0.138 e. The minimum atomic E-state index is 0.866. The van der Waals surface area contributed by atoms with Crippen LogP contribution in [0.4, 0.5) is 5.82 Å². The van der Waals surface area contributed by atoms with Gasteiger partial charge in [-0.1, -0.05) is 36.8 Å². The first-order valence-electron chi connectivity index (χ1n) is 8.22. The van der Waals surface area contributed by atoms with Crippen molar-refractivity contribution in [1.29, 1.82) is 0 Å². The van der Waals surface area contributed by atoms with Crippen molar-refractivity contribution in [3.05, 3.63) is 52.2 Å². The highest BCUT2D eigenvalue weighted by atomic mass is 32.1. The largest absolute Gasteiger partial charge is 0.369 e. The van der Waals surface area contributed by atoms with Gasteiger partial charge in [-0.25, -0.2) is 9.97 Å². The fourth-order valence-corrected chi connectivity index (χ4v) is 3.53. The number of benzene rings is 1. The summed E-state index contributed by atoms with van der Waals surface area (Å²) in [4.78, 5) is 11.7. The summed E-state index contributed by atoms with van der Waals surface area (Å²) in [5.41, 5.74) is 2.71. The van der Waals surface area contributed by atoms with E-state index in [-0.39, 0.29) is 0 Å². The third kappa shape index (κ3) is 3.88. The van der Waals surface area contributed by atoms with Crippen molar-refractivity contribution in [3.8, 4) is 0 Å².